The minimum atomic E-state index is -4.41. The Hall–Kier alpha value is -1.72. The van der Waals surface area contributed by atoms with Gasteiger partial charge in [0.25, 0.3) is 0 Å². The predicted octanol–water partition coefficient (Wildman–Crippen LogP) is 2.77. The van der Waals surface area contributed by atoms with Crippen molar-refractivity contribution in [3.05, 3.63) is 29.3 Å². The molecule has 16 heavy (non-hydrogen) atoms. The molecule has 2 N–H and O–H groups in total. The number of amides is 2. The Labute approximate surface area is 90.6 Å². The highest BCUT2D eigenvalue weighted by Crippen LogP contribution is 2.31. The number of benzene rings is 1. The largest absolute Gasteiger partial charge is 0.416 e. The average molecular weight is 232 g/mol. The summed E-state index contributed by atoms with van der Waals surface area (Å²) in [5.74, 6) is 0. The van der Waals surface area contributed by atoms with Crippen LogP contribution in [0.4, 0.5) is 23.7 Å². The van der Waals surface area contributed by atoms with Gasteiger partial charge in [0.1, 0.15) is 0 Å². The summed E-state index contributed by atoms with van der Waals surface area (Å²) in [6.45, 7) is 1.62. The molecule has 0 unspecified atom stereocenters. The number of carbonyl (C=O) groups is 1. The van der Waals surface area contributed by atoms with Crippen molar-refractivity contribution < 1.29 is 18.0 Å². The van der Waals surface area contributed by atoms with Gasteiger partial charge in [0.2, 0.25) is 0 Å². The molecule has 1 rings (SSSR count). The van der Waals surface area contributed by atoms with Crippen LogP contribution in [0.2, 0.25) is 0 Å². The zero-order chi connectivity index (χ0) is 12.3. The quantitative estimate of drug-likeness (QED) is 0.768. The summed E-state index contributed by atoms with van der Waals surface area (Å²) in [5.41, 5.74) is -0.0738. The van der Waals surface area contributed by atoms with Crippen LogP contribution < -0.4 is 10.6 Å². The molecule has 0 aliphatic heterocycles. The molecule has 0 heterocycles. The van der Waals surface area contributed by atoms with E-state index in [1.165, 1.54) is 13.1 Å². The van der Waals surface area contributed by atoms with Gasteiger partial charge in [-0.15, -0.1) is 0 Å². The Balaban J connectivity index is 3.04. The molecule has 0 saturated carbocycles. The van der Waals surface area contributed by atoms with Gasteiger partial charge in [-0.25, -0.2) is 4.79 Å². The first kappa shape index (κ1) is 12.4. The molecule has 1 aromatic carbocycles. The number of anilines is 1. The van der Waals surface area contributed by atoms with Crippen molar-refractivity contribution in [3.8, 4) is 0 Å². The molecule has 3 nitrogen and oxygen atoms in total. The molecular formula is C10H11F3N2O. The molecule has 1 aromatic rings. The first-order chi connectivity index (χ1) is 7.34. The highest BCUT2D eigenvalue weighted by atomic mass is 19.4. The van der Waals surface area contributed by atoms with E-state index in [4.69, 9.17) is 0 Å². The zero-order valence-electron chi connectivity index (χ0n) is 8.77. The fraction of sp³-hybridized carbons (Fsp3) is 0.300. The van der Waals surface area contributed by atoms with E-state index < -0.39 is 17.8 Å². The summed E-state index contributed by atoms with van der Waals surface area (Å²) in [5, 5.41) is 4.59. The van der Waals surface area contributed by atoms with Gasteiger partial charge in [-0.05, 0) is 24.6 Å². The molecule has 2 amide bonds. The van der Waals surface area contributed by atoms with Crippen LogP contribution in [0.5, 0.6) is 0 Å². The minimum absolute atomic E-state index is 0.147. The molecule has 0 atom stereocenters. The van der Waals surface area contributed by atoms with Gasteiger partial charge in [0.05, 0.1) is 5.56 Å². The molecule has 6 heteroatoms. The molecule has 88 valence electrons. The van der Waals surface area contributed by atoms with Crippen LogP contribution in [0.3, 0.4) is 0 Å². The number of carbonyl (C=O) groups excluding carboxylic acids is 1. The van der Waals surface area contributed by atoms with Crippen LogP contribution >= 0.6 is 0 Å². The van der Waals surface area contributed by atoms with E-state index in [1.807, 2.05) is 0 Å². The second-order valence-corrected chi connectivity index (χ2v) is 3.23. The minimum Gasteiger partial charge on any atom is -0.341 e. The van der Waals surface area contributed by atoms with Gasteiger partial charge in [-0.3, -0.25) is 0 Å². The van der Waals surface area contributed by atoms with E-state index in [1.54, 1.807) is 6.92 Å². The van der Waals surface area contributed by atoms with Gasteiger partial charge in [-0.1, -0.05) is 6.07 Å². The lowest BCUT2D eigenvalue weighted by molar-refractivity contribution is -0.137. The van der Waals surface area contributed by atoms with E-state index in [0.29, 0.717) is 5.56 Å². The number of hydrogen-bond acceptors (Lipinski definition) is 1. The van der Waals surface area contributed by atoms with Crippen LogP contribution in [-0.4, -0.2) is 13.1 Å². The maximum absolute atomic E-state index is 12.4. The molecule has 0 aliphatic rings. The van der Waals surface area contributed by atoms with Crippen molar-refractivity contribution >= 4 is 11.7 Å². The lowest BCUT2D eigenvalue weighted by atomic mass is 10.1. The van der Waals surface area contributed by atoms with Crippen LogP contribution in [0, 0.1) is 6.92 Å². The lowest BCUT2D eigenvalue weighted by Crippen LogP contribution is -2.25. The summed E-state index contributed by atoms with van der Waals surface area (Å²) in [7, 11) is 1.39. The van der Waals surface area contributed by atoms with E-state index in [-0.39, 0.29) is 5.69 Å². The molecule has 0 saturated heterocycles. The third-order valence-electron chi connectivity index (χ3n) is 2.04. The third-order valence-corrected chi connectivity index (χ3v) is 2.04. The molecule has 0 aliphatic carbocycles. The Morgan fingerprint density at radius 3 is 2.44 bits per heavy atom. The summed E-state index contributed by atoms with van der Waals surface area (Å²) in [4.78, 5) is 11.0. The molecule has 0 bridgehead atoms. The number of nitrogens with one attached hydrogen (secondary N) is 2. The number of alkyl halides is 3. The van der Waals surface area contributed by atoms with Crippen molar-refractivity contribution in [1.29, 1.82) is 0 Å². The molecule has 0 radical (unpaired) electrons. The van der Waals surface area contributed by atoms with Gasteiger partial charge >= 0.3 is 12.2 Å². The Kier molecular flexibility index (Phi) is 3.41. The maximum Gasteiger partial charge on any atom is 0.416 e. The van der Waals surface area contributed by atoms with Gasteiger partial charge in [-0.2, -0.15) is 13.2 Å². The van der Waals surface area contributed by atoms with Crippen LogP contribution in [0.25, 0.3) is 0 Å². The lowest BCUT2D eigenvalue weighted by Gasteiger charge is -2.12. The number of halogens is 3. The van der Waals surface area contributed by atoms with E-state index in [0.717, 1.165) is 12.1 Å². The standard InChI is InChI=1S/C10H11F3N2O/c1-6-3-4-7(10(11,12)13)5-8(6)15-9(16)14-2/h3-5H,1-2H3,(H2,14,15,16). The van der Waals surface area contributed by atoms with Crippen molar-refractivity contribution in [2.75, 3.05) is 12.4 Å². The van der Waals surface area contributed by atoms with Crippen molar-refractivity contribution in [3.63, 3.8) is 0 Å². The van der Waals surface area contributed by atoms with Crippen LogP contribution in [0.15, 0.2) is 18.2 Å². The normalized spacial score (nSPS) is 11.1. The smallest absolute Gasteiger partial charge is 0.341 e. The van der Waals surface area contributed by atoms with E-state index >= 15 is 0 Å². The van der Waals surface area contributed by atoms with Crippen molar-refractivity contribution in [2.45, 2.75) is 13.1 Å². The molecule has 0 spiro atoms. The fourth-order valence-electron chi connectivity index (χ4n) is 1.12. The predicted molar refractivity (Wildman–Crippen MR) is 54.3 cm³/mol. The zero-order valence-corrected chi connectivity index (χ0v) is 8.77. The number of rotatable bonds is 1. The van der Waals surface area contributed by atoms with Gasteiger partial charge in [0, 0.05) is 12.7 Å². The number of hydrogen-bond donors (Lipinski definition) is 2. The Morgan fingerprint density at radius 1 is 1.31 bits per heavy atom. The van der Waals surface area contributed by atoms with Gasteiger partial charge in [0.15, 0.2) is 0 Å². The fourth-order valence-corrected chi connectivity index (χ4v) is 1.12. The second kappa shape index (κ2) is 4.42. The van der Waals surface area contributed by atoms with Crippen LogP contribution in [0.1, 0.15) is 11.1 Å². The summed E-state index contributed by atoms with van der Waals surface area (Å²) < 4.78 is 37.2. The monoisotopic (exact) mass is 232 g/mol. The average Bonchev–Trinajstić information content (AvgIpc) is 2.19. The third kappa shape index (κ3) is 2.88. The van der Waals surface area contributed by atoms with E-state index in [2.05, 4.69) is 10.6 Å². The maximum atomic E-state index is 12.4. The molecule has 0 aromatic heterocycles. The van der Waals surface area contributed by atoms with Crippen molar-refractivity contribution in [2.24, 2.45) is 0 Å². The van der Waals surface area contributed by atoms with E-state index in [9.17, 15) is 18.0 Å². The number of urea groups is 1. The Morgan fingerprint density at radius 2 is 1.94 bits per heavy atom. The van der Waals surface area contributed by atoms with Gasteiger partial charge < -0.3 is 10.6 Å². The summed E-state index contributed by atoms with van der Waals surface area (Å²) in [6, 6.07) is 2.64. The summed E-state index contributed by atoms with van der Waals surface area (Å²) >= 11 is 0. The Bertz CT molecular complexity index is 402. The topological polar surface area (TPSA) is 41.1 Å². The number of aryl methyl sites for hydroxylation is 1. The second-order valence-electron chi connectivity index (χ2n) is 3.23. The highest BCUT2D eigenvalue weighted by molar-refractivity contribution is 5.89. The molecular weight excluding hydrogens is 221 g/mol. The SMILES string of the molecule is CNC(=O)Nc1cc(C(F)(F)F)ccc1C. The first-order valence-electron chi connectivity index (χ1n) is 4.51. The molecule has 0 fully saturated rings. The first-order valence-corrected chi connectivity index (χ1v) is 4.51. The summed E-state index contributed by atoms with van der Waals surface area (Å²) in [6.07, 6.45) is -4.41. The van der Waals surface area contributed by atoms with Crippen molar-refractivity contribution in [1.82, 2.24) is 5.32 Å². The highest BCUT2D eigenvalue weighted by Gasteiger charge is 2.30. The van der Waals surface area contributed by atoms with Crippen LogP contribution in [-0.2, 0) is 6.18 Å².